The SMILES string of the molecule is CC(=O)CCCCCS.C[C@@H](CC(=O)NC1CCC1)C(=O)NCCN. The van der Waals surface area contributed by atoms with E-state index in [1.807, 2.05) is 0 Å². The summed E-state index contributed by atoms with van der Waals surface area (Å²) in [5.74, 6) is 0.827. The van der Waals surface area contributed by atoms with E-state index in [-0.39, 0.29) is 24.2 Å². The lowest BCUT2D eigenvalue weighted by atomic mass is 9.93. The second-order valence-electron chi connectivity index (χ2n) is 6.62. The zero-order valence-electron chi connectivity index (χ0n) is 15.7. The zero-order chi connectivity index (χ0) is 19.1. The summed E-state index contributed by atoms with van der Waals surface area (Å²) in [6.07, 6.45) is 7.65. The molecule has 0 aromatic carbocycles. The third-order valence-corrected chi connectivity index (χ3v) is 4.36. The Morgan fingerprint density at radius 3 is 2.36 bits per heavy atom. The van der Waals surface area contributed by atoms with Crippen LogP contribution >= 0.6 is 12.6 Å². The first-order valence-electron chi connectivity index (χ1n) is 9.28. The fraction of sp³-hybridized carbons (Fsp3) is 0.833. The number of hydrogen-bond acceptors (Lipinski definition) is 5. The molecule has 1 fully saturated rings. The molecule has 1 atom stereocenters. The van der Waals surface area contributed by atoms with Crippen LogP contribution in [-0.4, -0.2) is 42.5 Å². The fourth-order valence-electron chi connectivity index (χ4n) is 2.24. The van der Waals surface area contributed by atoms with Crippen molar-refractivity contribution in [2.75, 3.05) is 18.8 Å². The predicted octanol–water partition coefficient (Wildman–Crippen LogP) is 1.82. The minimum absolute atomic E-state index is 0.0277. The molecular formula is C18H35N3O3S. The van der Waals surface area contributed by atoms with Crippen molar-refractivity contribution in [3.05, 3.63) is 0 Å². The molecule has 0 radical (unpaired) electrons. The summed E-state index contributed by atoms with van der Waals surface area (Å²) in [5, 5.41) is 5.59. The quantitative estimate of drug-likeness (QED) is 0.328. The molecular weight excluding hydrogens is 338 g/mol. The van der Waals surface area contributed by atoms with Gasteiger partial charge in [0.15, 0.2) is 0 Å². The van der Waals surface area contributed by atoms with Crippen molar-refractivity contribution in [3.63, 3.8) is 0 Å². The molecule has 1 aliphatic carbocycles. The van der Waals surface area contributed by atoms with E-state index < -0.39 is 0 Å². The molecule has 0 saturated heterocycles. The smallest absolute Gasteiger partial charge is 0.223 e. The molecule has 25 heavy (non-hydrogen) atoms. The third kappa shape index (κ3) is 13.8. The largest absolute Gasteiger partial charge is 0.355 e. The van der Waals surface area contributed by atoms with E-state index in [1.165, 1.54) is 6.42 Å². The van der Waals surface area contributed by atoms with E-state index in [9.17, 15) is 14.4 Å². The lowest BCUT2D eigenvalue weighted by Crippen LogP contribution is -2.41. The van der Waals surface area contributed by atoms with Gasteiger partial charge in [0.05, 0.1) is 0 Å². The number of Topliss-reactive ketones (excluding diaryl/α,β-unsaturated/α-hetero) is 1. The number of ketones is 1. The Morgan fingerprint density at radius 1 is 1.20 bits per heavy atom. The first-order valence-corrected chi connectivity index (χ1v) is 9.91. The highest BCUT2D eigenvalue weighted by molar-refractivity contribution is 7.80. The van der Waals surface area contributed by atoms with Gasteiger partial charge in [0.1, 0.15) is 5.78 Å². The molecule has 0 bridgehead atoms. The van der Waals surface area contributed by atoms with Crippen molar-refractivity contribution in [3.8, 4) is 0 Å². The molecule has 1 rings (SSSR count). The molecule has 146 valence electrons. The molecule has 6 nitrogen and oxygen atoms in total. The van der Waals surface area contributed by atoms with Crippen molar-refractivity contribution >= 4 is 30.2 Å². The van der Waals surface area contributed by atoms with Crippen molar-refractivity contribution in [1.29, 1.82) is 0 Å². The lowest BCUT2D eigenvalue weighted by Gasteiger charge is -2.26. The van der Waals surface area contributed by atoms with Crippen LogP contribution in [0.4, 0.5) is 0 Å². The average Bonchev–Trinajstić information content (AvgIpc) is 2.53. The number of carbonyl (C=O) groups excluding carboxylic acids is 3. The Hall–Kier alpha value is -1.08. The van der Waals surface area contributed by atoms with Gasteiger partial charge in [-0.05, 0) is 44.8 Å². The summed E-state index contributed by atoms with van der Waals surface area (Å²) in [7, 11) is 0. The van der Waals surface area contributed by atoms with Crippen LogP contribution in [0, 0.1) is 5.92 Å². The van der Waals surface area contributed by atoms with Gasteiger partial charge in [-0.3, -0.25) is 9.59 Å². The van der Waals surface area contributed by atoms with E-state index >= 15 is 0 Å². The van der Waals surface area contributed by atoms with Crippen molar-refractivity contribution in [2.45, 2.75) is 71.3 Å². The molecule has 0 heterocycles. The number of rotatable bonds is 11. The van der Waals surface area contributed by atoms with Gasteiger partial charge in [-0.25, -0.2) is 0 Å². The van der Waals surface area contributed by atoms with Crippen LogP contribution in [0.25, 0.3) is 0 Å². The highest BCUT2D eigenvalue weighted by Crippen LogP contribution is 2.18. The van der Waals surface area contributed by atoms with Crippen LogP contribution in [-0.2, 0) is 14.4 Å². The number of hydrogen-bond donors (Lipinski definition) is 4. The van der Waals surface area contributed by atoms with Crippen LogP contribution in [0.1, 0.15) is 65.2 Å². The summed E-state index contributed by atoms with van der Waals surface area (Å²) >= 11 is 4.06. The maximum absolute atomic E-state index is 11.5. The van der Waals surface area contributed by atoms with Gasteiger partial charge >= 0.3 is 0 Å². The average molecular weight is 374 g/mol. The maximum atomic E-state index is 11.5. The summed E-state index contributed by atoms with van der Waals surface area (Å²) in [5.41, 5.74) is 5.28. The van der Waals surface area contributed by atoms with Crippen molar-refractivity contribution in [1.82, 2.24) is 10.6 Å². The highest BCUT2D eigenvalue weighted by atomic mass is 32.1. The molecule has 2 amide bonds. The van der Waals surface area contributed by atoms with Crippen LogP contribution in [0.3, 0.4) is 0 Å². The van der Waals surface area contributed by atoms with Crippen molar-refractivity contribution < 1.29 is 14.4 Å². The molecule has 1 saturated carbocycles. The van der Waals surface area contributed by atoms with E-state index in [4.69, 9.17) is 5.73 Å². The van der Waals surface area contributed by atoms with Crippen LogP contribution in [0.5, 0.6) is 0 Å². The van der Waals surface area contributed by atoms with Gasteiger partial charge in [-0.1, -0.05) is 13.3 Å². The summed E-state index contributed by atoms with van der Waals surface area (Å²) in [6, 6.07) is 0.340. The molecule has 4 N–H and O–H groups in total. The van der Waals surface area contributed by atoms with Crippen LogP contribution < -0.4 is 16.4 Å². The lowest BCUT2D eigenvalue weighted by molar-refractivity contribution is -0.130. The number of nitrogens with one attached hydrogen (secondary N) is 2. The first kappa shape index (κ1) is 23.9. The molecule has 0 aromatic heterocycles. The molecule has 1 aliphatic rings. The minimum atomic E-state index is -0.286. The zero-order valence-corrected chi connectivity index (χ0v) is 16.6. The predicted molar refractivity (Wildman–Crippen MR) is 105 cm³/mol. The maximum Gasteiger partial charge on any atom is 0.223 e. The van der Waals surface area contributed by atoms with Gasteiger partial charge in [0, 0.05) is 37.9 Å². The molecule has 0 aliphatic heterocycles. The van der Waals surface area contributed by atoms with E-state index in [0.29, 0.717) is 24.9 Å². The number of nitrogens with two attached hydrogens (primary N) is 1. The van der Waals surface area contributed by atoms with Gasteiger partial charge in [-0.15, -0.1) is 0 Å². The second-order valence-corrected chi connectivity index (χ2v) is 7.06. The van der Waals surface area contributed by atoms with Crippen molar-refractivity contribution in [2.24, 2.45) is 11.7 Å². The monoisotopic (exact) mass is 373 g/mol. The van der Waals surface area contributed by atoms with Gasteiger partial charge in [0.25, 0.3) is 0 Å². The second kappa shape index (κ2) is 15.2. The highest BCUT2D eigenvalue weighted by Gasteiger charge is 2.22. The minimum Gasteiger partial charge on any atom is -0.355 e. The van der Waals surface area contributed by atoms with Gasteiger partial charge < -0.3 is 21.2 Å². The molecule has 0 aromatic rings. The Morgan fingerprint density at radius 2 is 1.88 bits per heavy atom. The topological polar surface area (TPSA) is 101 Å². The van der Waals surface area contributed by atoms with E-state index in [2.05, 4.69) is 23.3 Å². The first-order chi connectivity index (χ1) is 11.9. The molecule has 7 heteroatoms. The van der Waals surface area contributed by atoms with Crippen LogP contribution in [0.15, 0.2) is 0 Å². The van der Waals surface area contributed by atoms with Gasteiger partial charge in [-0.2, -0.15) is 12.6 Å². The fourth-order valence-corrected chi connectivity index (χ4v) is 2.47. The standard InChI is InChI=1S/C11H21N3O2.C7H14OS/c1-8(11(16)13-6-5-12)7-10(15)14-9-3-2-4-9;1-7(8)5-3-2-4-6-9/h8-9H,2-7,12H2,1H3,(H,13,16)(H,14,15);9H,2-6H2,1H3/t8-;/m0./s1. The van der Waals surface area contributed by atoms with E-state index in [1.54, 1.807) is 13.8 Å². The normalized spacial score (nSPS) is 14.6. The summed E-state index contributed by atoms with van der Waals surface area (Å²) in [6.45, 7) is 4.28. The Kier molecular flexibility index (Phi) is 14.5. The Bertz CT molecular complexity index is 401. The Balaban J connectivity index is 0.000000547. The number of amides is 2. The summed E-state index contributed by atoms with van der Waals surface area (Å²) < 4.78 is 0. The van der Waals surface area contributed by atoms with Crippen LogP contribution in [0.2, 0.25) is 0 Å². The van der Waals surface area contributed by atoms with Gasteiger partial charge in [0.2, 0.25) is 11.8 Å². The summed E-state index contributed by atoms with van der Waals surface area (Å²) in [4.78, 5) is 33.4. The number of thiol groups is 1. The van der Waals surface area contributed by atoms with E-state index in [0.717, 1.165) is 44.3 Å². The third-order valence-electron chi connectivity index (χ3n) is 4.04. The molecule has 0 unspecified atom stereocenters. The number of carbonyl (C=O) groups is 3. The molecule has 0 spiro atoms. The Labute approximate surface area is 157 Å². The number of unbranched alkanes of at least 4 members (excludes halogenated alkanes) is 2.